The number of amides is 1. The maximum Gasteiger partial charge on any atom is 0.255 e. The first-order valence-corrected chi connectivity index (χ1v) is 5.08. The number of carbonyl (C=O) groups excluding carboxylic acids is 2. The van der Waals surface area contributed by atoms with E-state index in [9.17, 15) is 9.59 Å². The van der Waals surface area contributed by atoms with E-state index in [-0.39, 0.29) is 18.2 Å². The van der Waals surface area contributed by atoms with Crippen molar-refractivity contribution < 1.29 is 19.1 Å². The van der Waals surface area contributed by atoms with Crippen LogP contribution >= 0.6 is 0 Å². The van der Waals surface area contributed by atoms with Crippen molar-refractivity contribution in [2.45, 2.75) is 6.92 Å². The Hall–Kier alpha value is -2.04. The van der Waals surface area contributed by atoms with E-state index >= 15 is 0 Å². The first-order valence-electron chi connectivity index (χ1n) is 5.08. The minimum Gasteiger partial charge on any atom is -0.497 e. The number of nitrogens with one attached hydrogen (secondary N) is 1. The largest absolute Gasteiger partial charge is 0.497 e. The second-order valence-electron chi connectivity index (χ2n) is 3.45. The van der Waals surface area contributed by atoms with Gasteiger partial charge in [0, 0.05) is 0 Å². The predicted molar refractivity (Wildman–Crippen MR) is 62.6 cm³/mol. The first-order chi connectivity index (χ1) is 8.08. The van der Waals surface area contributed by atoms with Crippen molar-refractivity contribution in [3.8, 4) is 11.5 Å². The molecule has 1 aromatic carbocycles. The molecule has 0 saturated heterocycles. The fraction of sp³-hybridized carbons (Fsp3) is 0.333. The molecule has 1 aromatic rings. The summed E-state index contributed by atoms with van der Waals surface area (Å²) in [7, 11) is 2.99. The van der Waals surface area contributed by atoms with Crippen LogP contribution < -0.4 is 14.8 Å². The molecule has 0 saturated carbocycles. The van der Waals surface area contributed by atoms with Crippen LogP contribution in [0.4, 0.5) is 0 Å². The van der Waals surface area contributed by atoms with E-state index in [0.29, 0.717) is 17.1 Å². The van der Waals surface area contributed by atoms with Crippen molar-refractivity contribution in [1.29, 1.82) is 0 Å². The molecule has 0 aliphatic rings. The van der Waals surface area contributed by atoms with Crippen LogP contribution in [0.5, 0.6) is 11.5 Å². The second kappa shape index (κ2) is 5.89. The van der Waals surface area contributed by atoms with E-state index in [0.717, 1.165) is 0 Å². The third kappa shape index (κ3) is 3.48. The Morgan fingerprint density at radius 2 is 1.94 bits per heavy atom. The summed E-state index contributed by atoms with van der Waals surface area (Å²) in [5.41, 5.74) is 0.341. The topological polar surface area (TPSA) is 64.6 Å². The van der Waals surface area contributed by atoms with Crippen molar-refractivity contribution in [2.75, 3.05) is 20.8 Å². The van der Waals surface area contributed by atoms with Crippen LogP contribution in [0.15, 0.2) is 18.2 Å². The van der Waals surface area contributed by atoms with E-state index < -0.39 is 0 Å². The first kappa shape index (κ1) is 13.0. The standard InChI is InChI=1S/C12H15NO4/c1-8(14)7-13-12(15)10-6-9(16-2)4-5-11(10)17-3/h4-6H,7H2,1-3H3,(H,13,15). The van der Waals surface area contributed by atoms with Gasteiger partial charge in [0.05, 0.1) is 26.3 Å². The predicted octanol–water partition coefficient (Wildman–Crippen LogP) is 1.02. The quantitative estimate of drug-likeness (QED) is 0.830. The van der Waals surface area contributed by atoms with Gasteiger partial charge in [-0.3, -0.25) is 9.59 Å². The third-order valence-electron chi connectivity index (χ3n) is 2.15. The van der Waals surface area contributed by atoms with Gasteiger partial charge in [0.15, 0.2) is 0 Å². The summed E-state index contributed by atoms with van der Waals surface area (Å²) < 4.78 is 10.1. The van der Waals surface area contributed by atoms with Gasteiger partial charge in [-0.1, -0.05) is 0 Å². The smallest absolute Gasteiger partial charge is 0.255 e. The highest BCUT2D eigenvalue weighted by Gasteiger charge is 2.13. The molecule has 5 heteroatoms. The number of methoxy groups -OCH3 is 2. The van der Waals surface area contributed by atoms with Gasteiger partial charge in [-0.05, 0) is 25.1 Å². The van der Waals surface area contributed by atoms with Gasteiger partial charge in [-0.25, -0.2) is 0 Å². The average molecular weight is 237 g/mol. The third-order valence-corrected chi connectivity index (χ3v) is 2.15. The van der Waals surface area contributed by atoms with Gasteiger partial charge in [0.2, 0.25) is 0 Å². The molecule has 17 heavy (non-hydrogen) atoms. The molecule has 5 nitrogen and oxygen atoms in total. The summed E-state index contributed by atoms with van der Waals surface area (Å²) in [5, 5.41) is 2.50. The van der Waals surface area contributed by atoms with Crippen molar-refractivity contribution in [3.05, 3.63) is 23.8 Å². The lowest BCUT2D eigenvalue weighted by atomic mass is 10.1. The van der Waals surface area contributed by atoms with Crippen molar-refractivity contribution in [2.24, 2.45) is 0 Å². The minimum atomic E-state index is -0.365. The maximum atomic E-state index is 11.8. The molecule has 0 heterocycles. The number of carbonyl (C=O) groups is 2. The molecule has 92 valence electrons. The molecular weight excluding hydrogens is 222 g/mol. The number of benzene rings is 1. The summed E-state index contributed by atoms with van der Waals surface area (Å²) in [6.45, 7) is 1.41. The van der Waals surface area contributed by atoms with E-state index in [2.05, 4.69) is 5.32 Å². The highest BCUT2D eigenvalue weighted by molar-refractivity contribution is 5.99. The summed E-state index contributed by atoms with van der Waals surface area (Å²) in [6, 6.07) is 4.90. The number of hydrogen-bond donors (Lipinski definition) is 1. The molecular formula is C12H15NO4. The van der Waals surface area contributed by atoms with E-state index in [4.69, 9.17) is 9.47 Å². The van der Waals surface area contributed by atoms with Gasteiger partial charge in [-0.2, -0.15) is 0 Å². The van der Waals surface area contributed by atoms with Gasteiger partial charge in [0.25, 0.3) is 5.91 Å². The summed E-state index contributed by atoms with van der Waals surface area (Å²) in [4.78, 5) is 22.6. The normalized spacial score (nSPS) is 9.59. The van der Waals surface area contributed by atoms with Crippen LogP contribution in [0, 0.1) is 0 Å². The molecule has 0 aliphatic heterocycles. The molecule has 0 radical (unpaired) electrons. The zero-order chi connectivity index (χ0) is 12.8. The highest BCUT2D eigenvalue weighted by Crippen LogP contribution is 2.23. The summed E-state index contributed by atoms with van der Waals surface area (Å²) in [6.07, 6.45) is 0. The van der Waals surface area contributed by atoms with Crippen LogP contribution in [0.3, 0.4) is 0 Å². The fourth-order valence-corrected chi connectivity index (χ4v) is 1.29. The van der Waals surface area contributed by atoms with Crippen LogP contribution in [-0.4, -0.2) is 32.5 Å². The lowest BCUT2D eigenvalue weighted by Crippen LogP contribution is -2.28. The summed E-state index contributed by atoms with van der Waals surface area (Å²) in [5.74, 6) is 0.516. The van der Waals surface area contributed by atoms with Crippen molar-refractivity contribution >= 4 is 11.7 Å². The Morgan fingerprint density at radius 1 is 1.24 bits per heavy atom. The molecule has 1 amide bonds. The average Bonchev–Trinajstić information content (AvgIpc) is 2.34. The Bertz CT molecular complexity index is 429. The molecule has 0 aliphatic carbocycles. The molecule has 0 spiro atoms. The molecule has 1 rings (SSSR count). The van der Waals surface area contributed by atoms with E-state index in [1.54, 1.807) is 18.2 Å². The van der Waals surface area contributed by atoms with Crippen LogP contribution in [0.1, 0.15) is 17.3 Å². The molecule has 0 unspecified atom stereocenters. The number of ketones is 1. The second-order valence-corrected chi connectivity index (χ2v) is 3.45. The SMILES string of the molecule is COc1ccc(OC)c(C(=O)NCC(C)=O)c1. The molecule has 0 fully saturated rings. The Kier molecular flexibility index (Phi) is 4.51. The Balaban J connectivity index is 2.93. The van der Waals surface area contributed by atoms with E-state index in [1.807, 2.05) is 0 Å². The Labute approximate surface area is 99.7 Å². The zero-order valence-corrected chi connectivity index (χ0v) is 10.1. The number of Topliss-reactive ketones (excluding diaryl/α,β-unsaturated/α-hetero) is 1. The lowest BCUT2D eigenvalue weighted by molar-refractivity contribution is -0.116. The maximum absolute atomic E-state index is 11.8. The highest BCUT2D eigenvalue weighted by atomic mass is 16.5. The monoisotopic (exact) mass is 237 g/mol. The van der Waals surface area contributed by atoms with Crippen molar-refractivity contribution in [3.63, 3.8) is 0 Å². The molecule has 1 N–H and O–H groups in total. The lowest BCUT2D eigenvalue weighted by Gasteiger charge is -2.10. The number of hydrogen-bond acceptors (Lipinski definition) is 4. The summed E-state index contributed by atoms with van der Waals surface area (Å²) >= 11 is 0. The Morgan fingerprint density at radius 3 is 2.47 bits per heavy atom. The zero-order valence-electron chi connectivity index (χ0n) is 10.1. The molecule has 0 bridgehead atoms. The van der Waals surface area contributed by atoms with Gasteiger partial charge >= 0.3 is 0 Å². The van der Waals surface area contributed by atoms with Gasteiger partial charge in [0.1, 0.15) is 17.3 Å². The van der Waals surface area contributed by atoms with Gasteiger partial charge in [-0.15, -0.1) is 0 Å². The van der Waals surface area contributed by atoms with Crippen LogP contribution in [0.2, 0.25) is 0 Å². The number of rotatable bonds is 5. The minimum absolute atomic E-state index is 0.000796. The van der Waals surface area contributed by atoms with Crippen LogP contribution in [0.25, 0.3) is 0 Å². The van der Waals surface area contributed by atoms with Gasteiger partial charge < -0.3 is 14.8 Å². The number of ether oxygens (including phenoxy) is 2. The fourth-order valence-electron chi connectivity index (χ4n) is 1.29. The van der Waals surface area contributed by atoms with Crippen LogP contribution in [-0.2, 0) is 4.79 Å². The van der Waals surface area contributed by atoms with Crippen molar-refractivity contribution in [1.82, 2.24) is 5.32 Å². The van der Waals surface area contributed by atoms with E-state index in [1.165, 1.54) is 21.1 Å². The molecule has 0 atom stereocenters. The molecule has 0 aromatic heterocycles.